The van der Waals surface area contributed by atoms with Crippen molar-refractivity contribution >= 4 is 12.2 Å². The van der Waals surface area contributed by atoms with Gasteiger partial charge in [0.2, 0.25) is 0 Å². The van der Waals surface area contributed by atoms with E-state index in [4.69, 9.17) is 12.2 Å². The van der Waals surface area contributed by atoms with Crippen LogP contribution in [-0.4, -0.2) is 9.97 Å². The minimum absolute atomic E-state index is 0.108. The number of rotatable bonds is 2. The van der Waals surface area contributed by atoms with Gasteiger partial charge in [-0.05, 0) is 24.6 Å². The van der Waals surface area contributed by atoms with Gasteiger partial charge in [0.05, 0.1) is 11.3 Å². The standard InChI is InChI=1S/C15H15F3N2S/c1-8(2)13-19-12(9(3)14(21)20-13)10-5-4-6-11(7-10)15(16,17)18/h4-8H,1-3H3,(H,19,20,21). The molecule has 1 heterocycles. The van der Waals surface area contributed by atoms with E-state index in [9.17, 15) is 13.2 Å². The second-order valence-electron chi connectivity index (χ2n) is 5.16. The highest BCUT2D eigenvalue weighted by Gasteiger charge is 2.30. The second kappa shape index (κ2) is 5.60. The fraction of sp³-hybridized carbons (Fsp3) is 0.333. The summed E-state index contributed by atoms with van der Waals surface area (Å²) in [5, 5.41) is 0. The molecule has 2 nitrogen and oxygen atoms in total. The number of hydrogen-bond acceptors (Lipinski definition) is 2. The summed E-state index contributed by atoms with van der Waals surface area (Å²) in [7, 11) is 0. The van der Waals surface area contributed by atoms with Crippen LogP contribution in [0.3, 0.4) is 0 Å². The van der Waals surface area contributed by atoms with Crippen LogP contribution in [0.5, 0.6) is 0 Å². The Morgan fingerprint density at radius 2 is 1.90 bits per heavy atom. The number of aromatic nitrogens is 2. The van der Waals surface area contributed by atoms with Crippen molar-refractivity contribution in [1.29, 1.82) is 0 Å². The molecule has 0 atom stereocenters. The highest BCUT2D eigenvalue weighted by molar-refractivity contribution is 7.71. The molecule has 0 saturated carbocycles. The topological polar surface area (TPSA) is 28.7 Å². The third-order valence-electron chi connectivity index (χ3n) is 3.20. The first-order valence-electron chi connectivity index (χ1n) is 6.48. The summed E-state index contributed by atoms with van der Waals surface area (Å²) < 4.78 is 38.9. The Balaban J connectivity index is 2.64. The number of H-pyrrole nitrogens is 1. The van der Waals surface area contributed by atoms with Crippen molar-refractivity contribution in [1.82, 2.24) is 9.97 Å². The summed E-state index contributed by atoms with van der Waals surface area (Å²) in [6, 6.07) is 5.20. The van der Waals surface area contributed by atoms with Gasteiger partial charge in [0.25, 0.3) is 0 Å². The van der Waals surface area contributed by atoms with Gasteiger partial charge in [-0.3, -0.25) is 0 Å². The van der Waals surface area contributed by atoms with E-state index in [1.807, 2.05) is 13.8 Å². The van der Waals surface area contributed by atoms with Gasteiger partial charge in [0.1, 0.15) is 10.5 Å². The van der Waals surface area contributed by atoms with Crippen LogP contribution in [0.1, 0.15) is 36.7 Å². The van der Waals surface area contributed by atoms with Crippen molar-refractivity contribution in [3.63, 3.8) is 0 Å². The third kappa shape index (κ3) is 3.32. The Hall–Kier alpha value is -1.69. The summed E-state index contributed by atoms with van der Waals surface area (Å²) in [5.41, 5.74) is 1.04. The van der Waals surface area contributed by atoms with Gasteiger partial charge in [0, 0.05) is 11.5 Å². The van der Waals surface area contributed by atoms with Crippen LogP contribution in [-0.2, 0) is 6.18 Å². The van der Waals surface area contributed by atoms with Crippen molar-refractivity contribution in [2.24, 2.45) is 0 Å². The van der Waals surface area contributed by atoms with Gasteiger partial charge < -0.3 is 4.98 Å². The minimum atomic E-state index is -4.37. The number of nitrogens with one attached hydrogen (secondary N) is 1. The van der Waals surface area contributed by atoms with Crippen molar-refractivity contribution in [3.8, 4) is 11.3 Å². The summed E-state index contributed by atoms with van der Waals surface area (Å²) >= 11 is 5.20. The molecule has 0 unspecified atom stereocenters. The van der Waals surface area contributed by atoms with Crippen LogP contribution in [0.15, 0.2) is 24.3 Å². The summed E-state index contributed by atoms with van der Waals surface area (Å²) in [6.45, 7) is 5.64. The molecule has 0 saturated heterocycles. The average molecular weight is 312 g/mol. The lowest BCUT2D eigenvalue weighted by Gasteiger charge is -2.13. The normalized spacial score (nSPS) is 12.0. The fourth-order valence-electron chi connectivity index (χ4n) is 1.96. The predicted octanol–water partition coefficient (Wildman–Crippen LogP) is 5.26. The first kappa shape index (κ1) is 15.7. The van der Waals surface area contributed by atoms with Gasteiger partial charge in [-0.1, -0.05) is 38.2 Å². The predicted molar refractivity (Wildman–Crippen MR) is 78.7 cm³/mol. The second-order valence-corrected chi connectivity index (χ2v) is 5.55. The molecular weight excluding hydrogens is 297 g/mol. The fourth-order valence-corrected chi connectivity index (χ4v) is 2.16. The molecule has 0 aliphatic heterocycles. The van der Waals surface area contributed by atoms with E-state index >= 15 is 0 Å². The first-order valence-corrected chi connectivity index (χ1v) is 6.89. The Morgan fingerprint density at radius 3 is 2.48 bits per heavy atom. The number of hydrogen-bond donors (Lipinski definition) is 1. The van der Waals surface area contributed by atoms with Gasteiger partial charge in [0.15, 0.2) is 0 Å². The van der Waals surface area contributed by atoms with Crippen LogP contribution in [0, 0.1) is 11.6 Å². The molecule has 1 aromatic carbocycles. The van der Waals surface area contributed by atoms with E-state index in [1.165, 1.54) is 6.07 Å². The zero-order chi connectivity index (χ0) is 15.8. The maximum atomic E-state index is 12.8. The number of nitrogens with zero attached hydrogens (tertiary/aromatic N) is 1. The van der Waals surface area contributed by atoms with E-state index in [2.05, 4.69) is 9.97 Å². The largest absolute Gasteiger partial charge is 0.416 e. The van der Waals surface area contributed by atoms with Crippen molar-refractivity contribution in [3.05, 3.63) is 45.9 Å². The van der Waals surface area contributed by atoms with Crippen LogP contribution < -0.4 is 0 Å². The van der Waals surface area contributed by atoms with E-state index in [0.717, 1.165) is 12.1 Å². The Morgan fingerprint density at radius 1 is 1.24 bits per heavy atom. The van der Waals surface area contributed by atoms with Crippen molar-refractivity contribution < 1.29 is 13.2 Å². The molecule has 6 heteroatoms. The van der Waals surface area contributed by atoms with Gasteiger partial charge in [-0.2, -0.15) is 13.2 Å². The summed E-state index contributed by atoms with van der Waals surface area (Å²) in [4.78, 5) is 7.37. The van der Waals surface area contributed by atoms with E-state index in [1.54, 1.807) is 13.0 Å². The monoisotopic (exact) mass is 312 g/mol. The molecule has 0 fully saturated rings. The summed E-state index contributed by atoms with van der Waals surface area (Å²) in [5.74, 6) is 0.773. The lowest BCUT2D eigenvalue weighted by atomic mass is 10.0. The Kier molecular flexibility index (Phi) is 4.18. The van der Waals surface area contributed by atoms with E-state index in [0.29, 0.717) is 27.3 Å². The molecule has 0 spiro atoms. The van der Waals surface area contributed by atoms with Gasteiger partial charge in [-0.15, -0.1) is 0 Å². The van der Waals surface area contributed by atoms with Gasteiger partial charge in [-0.25, -0.2) is 4.98 Å². The third-order valence-corrected chi connectivity index (χ3v) is 3.59. The molecular formula is C15H15F3N2S. The zero-order valence-corrected chi connectivity index (χ0v) is 12.7. The number of benzene rings is 1. The molecule has 1 aromatic heterocycles. The van der Waals surface area contributed by atoms with Crippen LogP contribution in [0.25, 0.3) is 11.3 Å². The number of aromatic amines is 1. The molecule has 2 rings (SSSR count). The van der Waals surface area contributed by atoms with Crippen LogP contribution >= 0.6 is 12.2 Å². The molecule has 0 aliphatic rings. The molecule has 0 aliphatic carbocycles. The smallest absolute Gasteiger partial charge is 0.343 e. The zero-order valence-electron chi connectivity index (χ0n) is 11.9. The molecule has 21 heavy (non-hydrogen) atoms. The highest BCUT2D eigenvalue weighted by atomic mass is 32.1. The maximum Gasteiger partial charge on any atom is 0.416 e. The molecule has 1 N–H and O–H groups in total. The quantitative estimate of drug-likeness (QED) is 0.767. The molecule has 112 valence electrons. The lowest BCUT2D eigenvalue weighted by Crippen LogP contribution is -2.06. The van der Waals surface area contributed by atoms with Crippen LogP contribution in [0.4, 0.5) is 13.2 Å². The average Bonchev–Trinajstić information content (AvgIpc) is 2.40. The number of halogens is 3. The molecule has 0 amide bonds. The molecule has 0 radical (unpaired) electrons. The lowest BCUT2D eigenvalue weighted by molar-refractivity contribution is -0.137. The SMILES string of the molecule is Cc1c(-c2cccc(C(F)(F)F)c2)[nH]c(C(C)C)nc1=S. The van der Waals surface area contributed by atoms with Gasteiger partial charge >= 0.3 is 6.18 Å². The summed E-state index contributed by atoms with van der Waals surface area (Å²) in [6.07, 6.45) is -4.37. The maximum absolute atomic E-state index is 12.8. The molecule has 2 aromatic rings. The van der Waals surface area contributed by atoms with Crippen molar-refractivity contribution in [2.45, 2.75) is 32.9 Å². The number of alkyl halides is 3. The van der Waals surface area contributed by atoms with E-state index < -0.39 is 11.7 Å². The first-order chi connectivity index (χ1) is 9.70. The van der Waals surface area contributed by atoms with E-state index in [-0.39, 0.29) is 5.92 Å². The molecule has 0 bridgehead atoms. The van der Waals surface area contributed by atoms with Crippen molar-refractivity contribution in [2.75, 3.05) is 0 Å². The Bertz CT molecular complexity index is 718. The minimum Gasteiger partial charge on any atom is -0.343 e. The highest BCUT2D eigenvalue weighted by Crippen LogP contribution is 2.32. The Labute approximate surface area is 126 Å². The van der Waals surface area contributed by atoms with Crippen LogP contribution in [0.2, 0.25) is 0 Å².